The van der Waals surface area contributed by atoms with Crippen LogP contribution in [0.1, 0.15) is 0 Å². The summed E-state index contributed by atoms with van der Waals surface area (Å²) >= 11 is 3.28. The van der Waals surface area contributed by atoms with Crippen LogP contribution in [-0.4, -0.2) is 1.28 Å². The summed E-state index contributed by atoms with van der Waals surface area (Å²) in [5, 5.41) is 0. The summed E-state index contributed by atoms with van der Waals surface area (Å²) in [7, 11) is 1.67. The first-order valence-electron chi connectivity index (χ1n) is 0.894. The van der Waals surface area contributed by atoms with Gasteiger partial charge in [0.15, 0.2) is 0 Å². The first kappa shape index (κ1) is 9.46. The van der Waals surface area contributed by atoms with E-state index in [1.165, 1.54) is 0 Å². The molecule has 0 radical (unpaired) electrons. The molecule has 0 amide bonds. The molecule has 1 unspecified atom stereocenters. The van der Waals surface area contributed by atoms with Gasteiger partial charge in [-0.3, -0.25) is 6.26 Å². The van der Waals surface area contributed by atoms with E-state index in [9.17, 15) is 0 Å². The van der Waals surface area contributed by atoms with Crippen LogP contribution in [0, 0.1) is 47.1 Å². The molecule has 0 nitrogen and oxygen atoms in total. The van der Waals surface area contributed by atoms with E-state index in [1.54, 1.807) is 9.84 Å². The van der Waals surface area contributed by atoms with Gasteiger partial charge in [0, 0.05) is 40.8 Å². The van der Waals surface area contributed by atoms with Crippen LogP contribution in [0.4, 0.5) is 0 Å². The van der Waals surface area contributed by atoms with Crippen LogP contribution in [0.3, 0.4) is 0 Å². The molecule has 0 spiro atoms. The van der Waals surface area contributed by atoms with Crippen molar-refractivity contribution in [3.8, 4) is 0 Å². The van der Waals surface area contributed by atoms with Crippen LogP contribution in [0.2, 0.25) is 0 Å². The van der Waals surface area contributed by atoms with Gasteiger partial charge < -0.3 is 12.6 Å². The molecular weight excluding hydrogens is 219 g/mol. The summed E-state index contributed by atoms with van der Waals surface area (Å²) in [4.78, 5) is 0. The fourth-order valence-electron chi connectivity index (χ4n) is 0. The molecule has 0 saturated carbocycles. The van der Waals surface area contributed by atoms with Crippen molar-refractivity contribution in [2.24, 2.45) is 0 Å². The summed E-state index contributed by atoms with van der Waals surface area (Å²) in [6.07, 6.45) is 2.94. The Labute approximate surface area is 70.0 Å². The summed E-state index contributed by atoms with van der Waals surface area (Å²) in [6.45, 7) is 0. The third-order valence-electron chi connectivity index (χ3n) is 0. The Bertz CT molecular complexity index is 11.6. The van der Waals surface area contributed by atoms with Crippen molar-refractivity contribution in [2.75, 3.05) is 0 Å². The molecule has 1 atom stereocenters. The van der Waals surface area contributed by atoms with E-state index >= 15 is 0 Å². The molecule has 0 aromatic carbocycles. The molecule has 0 fully saturated rings. The summed E-state index contributed by atoms with van der Waals surface area (Å²) in [5.41, 5.74) is 0. The summed E-state index contributed by atoms with van der Waals surface area (Å²) in [6, 6.07) is 0. The Morgan fingerprint density at radius 2 is 1.75 bits per heavy atom. The molecule has 0 aromatic rings. The van der Waals surface area contributed by atoms with Crippen molar-refractivity contribution in [1.29, 1.82) is 1.28 Å². The zero-order valence-corrected chi connectivity index (χ0v) is 7.49. The van der Waals surface area contributed by atoms with Crippen molar-refractivity contribution in [3.05, 3.63) is 6.26 Å². The first-order valence-corrected chi connectivity index (χ1v) is 0.949. The second-order valence-corrected chi connectivity index (χ2v) is 0. The fourth-order valence-corrected chi connectivity index (χ4v) is 0. The zero-order valence-electron chi connectivity index (χ0n) is 3.23. The van der Waals surface area contributed by atoms with Crippen LogP contribution in [0.15, 0.2) is 0 Å². The van der Waals surface area contributed by atoms with Crippen LogP contribution < -0.4 is 0 Å². The molecule has 0 heterocycles. The van der Waals surface area contributed by atoms with E-state index < -0.39 is 0 Å². The third kappa shape index (κ3) is 8.92. The van der Waals surface area contributed by atoms with E-state index in [4.69, 9.17) is 1.28 Å². The maximum absolute atomic E-state index is 5.67. The Balaban J connectivity index is -0.0000000133. The number of hydrogen-bond acceptors (Lipinski definition) is 1. The predicted octanol–water partition coefficient (Wildman–Crippen LogP) is 0.766. The second kappa shape index (κ2) is 19.3. The first-order chi connectivity index (χ1) is 2.00. The van der Waals surface area contributed by atoms with Gasteiger partial charge in [-0.25, -0.2) is 0 Å². The normalized spacial score (nSPS) is 3.25. The summed E-state index contributed by atoms with van der Waals surface area (Å²) < 4.78 is 5.67. The van der Waals surface area contributed by atoms with Gasteiger partial charge in [0.05, 0.1) is 1.28 Å². The van der Waals surface area contributed by atoms with Crippen LogP contribution in [0.5, 0.6) is 0 Å². The Morgan fingerprint density at radius 1 is 1.75 bits per heavy atom. The molecule has 26 valence electrons. The van der Waals surface area contributed by atoms with Crippen molar-refractivity contribution in [1.82, 2.24) is 0 Å². The van der Waals surface area contributed by atoms with E-state index in [0.29, 0.717) is 0 Å². The molecule has 0 aliphatic rings. The molecule has 3 heteroatoms. The SMILES string of the molecule is [3H]P.[CH2-]S.[Nd]. The largest absolute Gasteiger partial charge is 0.372 e. The molecule has 0 bridgehead atoms. The molecule has 0 N–H and O–H groups in total. The molecule has 0 aromatic heterocycles. The smallest absolute Gasteiger partial charge is 0.0511 e. The Hall–Kier alpha value is 2.13. The summed E-state index contributed by atoms with van der Waals surface area (Å²) in [5.74, 6) is 0. The molecule has 0 aliphatic carbocycles. The van der Waals surface area contributed by atoms with Crippen molar-refractivity contribution >= 4 is 22.5 Å². The quantitative estimate of drug-likeness (QED) is 0.353. The van der Waals surface area contributed by atoms with E-state index in [2.05, 4.69) is 18.9 Å². The van der Waals surface area contributed by atoms with Gasteiger partial charge in [-0.05, 0) is 0 Å². The van der Waals surface area contributed by atoms with Crippen LogP contribution in [0.25, 0.3) is 0 Å². The number of thiol groups is 1. The van der Waals surface area contributed by atoms with Crippen molar-refractivity contribution < 1.29 is 40.8 Å². The average molecular weight is 227 g/mol. The van der Waals surface area contributed by atoms with E-state index in [-0.39, 0.29) is 40.8 Å². The molecule has 0 aliphatic heterocycles. The van der Waals surface area contributed by atoms with Gasteiger partial charge in [-0.15, -0.1) is 0 Å². The van der Waals surface area contributed by atoms with Crippen molar-refractivity contribution in [3.63, 3.8) is 0 Å². The van der Waals surface area contributed by atoms with Gasteiger partial charge in [-0.1, -0.05) is 0 Å². The predicted molar refractivity (Wildman–Crippen MR) is 25.4 cm³/mol. The standard InChI is InChI=1S/CH3S.Nd.H3P/c1-2;;/h2H,1H2;;1H3/q-1;;/i;;1T. The minimum absolute atomic E-state index is 0. The number of hydrogen-bond donors (Lipinski definition) is 1. The third-order valence-corrected chi connectivity index (χ3v) is 0. The van der Waals surface area contributed by atoms with Gasteiger partial charge in [-0.2, -0.15) is 9.84 Å². The Morgan fingerprint density at radius 3 is 1.75 bits per heavy atom. The maximum atomic E-state index is 5.67. The molecular formula is CH6NdPS-. The van der Waals surface area contributed by atoms with Gasteiger partial charge in [0.2, 0.25) is 0 Å². The topological polar surface area (TPSA) is 0 Å². The van der Waals surface area contributed by atoms with Crippen LogP contribution >= 0.6 is 22.5 Å². The Kier molecular flexibility index (Phi) is 45.6. The maximum Gasteiger partial charge on any atom is 0.0511 e. The monoisotopic (exact) mass is 225 g/mol. The zero-order chi connectivity index (χ0) is 4.00. The van der Waals surface area contributed by atoms with Crippen molar-refractivity contribution in [2.45, 2.75) is 0 Å². The number of rotatable bonds is 0. The molecule has 4 heavy (non-hydrogen) atoms. The van der Waals surface area contributed by atoms with E-state index in [0.717, 1.165) is 0 Å². The minimum atomic E-state index is 0. The minimum Gasteiger partial charge on any atom is -0.372 e. The molecule has 0 saturated heterocycles. The fraction of sp³-hybridized carbons (Fsp3) is 0. The van der Waals surface area contributed by atoms with Gasteiger partial charge in [0.1, 0.15) is 0 Å². The van der Waals surface area contributed by atoms with Gasteiger partial charge in [0.25, 0.3) is 0 Å². The van der Waals surface area contributed by atoms with Crippen LogP contribution in [-0.2, 0) is 0 Å². The average Bonchev–Trinajstić information content (AvgIpc) is 1.50. The van der Waals surface area contributed by atoms with E-state index in [1.807, 2.05) is 0 Å². The van der Waals surface area contributed by atoms with Gasteiger partial charge >= 0.3 is 0 Å². The molecule has 0 rings (SSSR count). The second-order valence-electron chi connectivity index (χ2n) is 0.